The molecule has 1 aromatic carbocycles. The predicted octanol–water partition coefficient (Wildman–Crippen LogP) is 5.20. The van der Waals surface area contributed by atoms with E-state index in [1.165, 1.54) is 75.6 Å². The van der Waals surface area contributed by atoms with Crippen LogP contribution < -0.4 is 10.2 Å². The third-order valence-corrected chi connectivity index (χ3v) is 5.39. The van der Waals surface area contributed by atoms with Crippen LogP contribution in [0.4, 0.5) is 11.4 Å². The highest BCUT2D eigenvalue weighted by molar-refractivity contribution is 5.70. The summed E-state index contributed by atoms with van der Waals surface area (Å²) in [7, 11) is 2.05. The van der Waals surface area contributed by atoms with Gasteiger partial charge in [-0.25, -0.2) is 0 Å². The molecular formula is C19H30N2. The fourth-order valence-electron chi connectivity index (χ4n) is 4.32. The molecule has 0 atom stereocenters. The number of hydrogen-bond donors (Lipinski definition) is 1. The lowest BCUT2D eigenvalue weighted by Crippen LogP contribution is -2.45. The maximum absolute atomic E-state index is 3.41. The Hall–Kier alpha value is -1.18. The van der Waals surface area contributed by atoms with Gasteiger partial charge in [0.25, 0.3) is 0 Å². The van der Waals surface area contributed by atoms with Crippen LogP contribution in [-0.2, 0) is 0 Å². The molecule has 1 N–H and O–H groups in total. The van der Waals surface area contributed by atoms with Crippen molar-refractivity contribution in [1.82, 2.24) is 0 Å². The first-order valence-corrected chi connectivity index (χ1v) is 8.95. The highest BCUT2D eigenvalue weighted by Gasteiger charge is 2.30. The van der Waals surface area contributed by atoms with Gasteiger partial charge in [0, 0.05) is 19.1 Å². The fourth-order valence-corrected chi connectivity index (χ4v) is 4.32. The molecule has 0 aliphatic heterocycles. The van der Waals surface area contributed by atoms with Crippen LogP contribution in [0, 0.1) is 0 Å². The Morgan fingerprint density at radius 1 is 0.810 bits per heavy atom. The van der Waals surface area contributed by atoms with Crippen molar-refractivity contribution in [2.75, 3.05) is 17.3 Å². The summed E-state index contributed by atoms with van der Waals surface area (Å²) in [6, 6.07) is 10.4. The zero-order valence-corrected chi connectivity index (χ0v) is 13.5. The summed E-state index contributed by atoms with van der Waals surface area (Å²) in [6.45, 7) is 0. The van der Waals surface area contributed by atoms with Crippen molar-refractivity contribution in [2.45, 2.75) is 76.3 Å². The van der Waals surface area contributed by atoms with Gasteiger partial charge in [-0.2, -0.15) is 0 Å². The lowest BCUT2D eigenvalue weighted by Gasteiger charge is -2.44. The first kappa shape index (κ1) is 14.7. The summed E-state index contributed by atoms with van der Waals surface area (Å²) in [5.41, 5.74) is 2.74. The molecule has 0 aromatic heterocycles. The Bertz CT molecular complexity index is 413. The van der Waals surface area contributed by atoms with Crippen LogP contribution in [0.25, 0.3) is 0 Å². The molecule has 2 heteroatoms. The largest absolute Gasteiger partial charge is 0.386 e. The number of nitrogens with one attached hydrogen (secondary N) is 1. The molecule has 0 saturated heterocycles. The monoisotopic (exact) mass is 286 g/mol. The van der Waals surface area contributed by atoms with Crippen molar-refractivity contribution in [1.29, 1.82) is 0 Å². The zero-order valence-electron chi connectivity index (χ0n) is 13.5. The van der Waals surface area contributed by atoms with Crippen molar-refractivity contribution in [3.63, 3.8) is 0 Å². The number of nitrogens with zero attached hydrogens (tertiary/aromatic N) is 1. The Labute approximate surface area is 129 Å². The van der Waals surface area contributed by atoms with Crippen molar-refractivity contribution >= 4 is 11.4 Å². The van der Waals surface area contributed by atoms with Gasteiger partial charge < -0.3 is 10.2 Å². The van der Waals surface area contributed by atoms with Crippen molar-refractivity contribution in [2.24, 2.45) is 0 Å². The van der Waals surface area contributed by atoms with Crippen LogP contribution in [0.5, 0.6) is 0 Å². The molecular weight excluding hydrogens is 256 g/mol. The normalized spacial score (nSPS) is 21.2. The van der Waals surface area contributed by atoms with Gasteiger partial charge >= 0.3 is 0 Å². The molecule has 2 saturated carbocycles. The van der Waals surface area contributed by atoms with Crippen LogP contribution in [0.2, 0.25) is 0 Å². The second-order valence-corrected chi connectivity index (χ2v) is 6.76. The highest BCUT2D eigenvalue weighted by Crippen LogP contribution is 2.37. The van der Waals surface area contributed by atoms with Gasteiger partial charge in [0.15, 0.2) is 0 Å². The molecule has 0 bridgehead atoms. The third kappa shape index (κ3) is 3.36. The van der Waals surface area contributed by atoms with Gasteiger partial charge in [-0.3, -0.25) is 0 Å². The summed E-state index contributed by atoms with van der Waals surface area (Å²) in [5, 5.41) is 3.41. The predicted molar refractivity (Wildman–Crippen MR) is 92.2 cm³/mol. The van der Waals surface area contributed by atoms with E-state index in [4.69, 9.17) is 0 Å². The van der Waals surface area contributed by atoms with E-state index in [0.717, 1.165) is 12.1 Å². The van der Waals surface area contributed by atoms with Gasteiger partial charge in [-0.1, -0.05) is 50.7 Å². The van der Waals surface area contributed by atoms with Crippen LogP contribution in [0.15, 0.2) is 24.3 Å². The van der Waals surface area contributed by atoms with Gasteiger partial charge in [0.1, 0.15) is 0 Å². The first-order valence-electron chi connectivity index (χ1n) is 8.95. The van der Waals surface area contributed by atoms with E-state index in [1.54, 1.807) is 0 Å². The molecule has 0 unspecified atom stereocenters. The Balaban J connectivity index is 1.89. The number of para-hydroxylation sites is 2. The van der Waals surface area contributed by atoms with E-state index in [-0.39, 0.29) is 0 Å². The van der Waals surface area contributed by atoms with Gasteiger partial charge in [0.05, 0.1) is 11.4 Å². The Morgan fingerprint density at radius 2 is 1.33 bits per heavy atom. The summed E-state index contributed by atoms with van der Waals surface area (Å²) < 4.78 is 0. The van der Waals surface area contributed by atoms with Crippen LogP contribution in [0.1, 0.15) is 64.2 Å². The van der Waals surface area contributed by atoms with Crippen molar-refractivity contribution in [3.05, 3.63) is 24.3 Å². The molecule has 1 aromatic rings. The average Bonchev–Trinajstić information content (AvgIpc) is 2.58. The summed E-state index contributed by atoms with van der Waals surface area (Å²) in [4.78, 5) is 2.81. The molecule has 2 aliphatic rings. The third-order valence-electron chi connectivity index (χ3n) is 5.39. The smallest absolute Gasteiger partial charge is 0.0606 e. The van der Waals surface area contributed by atoms with Crippen molar-refractivity contribution in [3.8, 4) is 0 Å². The molecule has 21 heavy (non-hydrogen) atoms. The molecule has 2 aliphatic carbocycles. The Morgan fingerprint density at radius 3 is 1.86 bits per heavy atom. The molecule has 0 heterocycles. The summed E-state index contributed by atoms with van der Waals surface area (Å²) in [6.07, 6.45) is 14.0. The molecule has 116 valence electrons. The average molecular weight is 286 g/mol. The van der Waals surface area contributed by atoms with E-state index >= 15 is 0 Å². The lowest BCUT2D eigenvalue weighted by atomic mass is 9.88. The van der Waals surface area contributed by atoms with E-state index in [2.05, 4.69) is 41.5 Å². The fraction of sp³-hybridized carbons (Fsp3) is 0.684. The summed E-state index contributed by atoms with van der Waals surface area (Å²) in [5.74, 6) is 0. The lowest BCUT2D eigenvalue weighted by molar-refractivity contribution is 0.340. The SMILES string of the molecule is CNc1ccccc1N(C1CCCCC1)C1CCCCC1. The van der Waals surface area contributed by atoms with Crippen molar-refractivity contribution < 1.29 is 0 Å². The van der Waals surface area contributed by atoms with E-state index < -0.39 is 0 Å². The minimum atomic E-state index is 0.761. The second-order valence-electron chi connectivity index (χ2n) is 6.76. The maximum Gasteiger partial charge on any atom is 0.0606 e. The van der Waals surface area contributed by atoms with Crippen LogP contribution in [-0.4, -0.2) is 19.1 Å². The molecule has 3 rings (SSSR count). The molecule has 2 nitrogen and oxygen atoms in total. The molecule has 0 radical (unpaired) electrons. The van der Waals surface area contributed by atoms with E-state index in [9.17, 15) is 0 Å². The topological polar surface area (TPSA) is 15.3 Å². The second kappa shape index (κ2) is 7.20. The maximum atomic E-state index is 3.41. The molecule has 0 spiro atoms. The Kier molecular flexibility index (Phi) is 5.05. The van der Waals surface area contributed by atoms with Gasteiger partial charge in [-0.15, -0.1) is 0 Å². The zero-order chi connectivity index (χ0) is 14.5. The molecule has 0 amide bonds. The van der Waals surface area contributed by atoms with E-state index in [0.29, 0.717) is 0 Å². The van der Waals surface area contributed by atoms with Gasteiger partial charge in [-0.05, 0) is 37.8 Å². The van der Waals surface area contributed by atoms with Crippen LogP contribution >= 0.6 is 0 Å². The quantitative estimate of drug-likeness (QED) is 0.818. The molecule has 2 fully saturated rings. The highest BCUT2D eigenvalue weighted by atomic mass is 15.2. The standard InChI is InChI=1S/C19H30N2/c1-20-18-14-8-9-15-19(18)21(16-10-4-2-5-11-16)17-12-6-3-7-13-17/h8-9,14-17,20H,2-7,10-13H2,1H3. The number of anilines is 2. The minimum absolute atomic E-state index is 0.761. The number of rotatable bonds is 4. The summed E-state index contributed by atoms with van der Waals surface area (Å²) >= 11 is 0. The number of hydrogen-bond acceptors (Lipinski definition) is 2. The number of benzene rings is 1. The first-order chi connectivity index (χ1) is 10.4. The minimum Gasteiger partial charge on any atom is -0.386 e. The van der Waals surface area contributed by atoms with E-state index in [1.807, 2.05) is 0 Å². The van der Waals surface area contributed by atoms with Gasteiger partial charge in [0.2, 0.25) is 0 Å². The van der Waals surface area contributed by atoms with Crippen LogP contribution in [0.3, 0.4) is 0 Å².